The van der Waals surface area contributed by atoms with Gasteiger partial charge < -0.3 is 14.9 Å². The zero-order valence-corrected chi connectivity index (χ0v) is 22.0. The molecule has 36 heavy (non-hydrogen) atoms. The molecule has 1 fully saturated rings. The molecule has 1 saturated heterocycles. The van der Waals surface area contributed by atoms with Crippen molar-refractivity contribution in [1.82, 2.24) is 24.4 Å². The van der Waals surface area contributed by atoms with E-state index in [4.69, 9.17) is 0 Å². The van der Waals surface area contributed by atoms with E-state index in [1.807, 2.05) is 6.07 Å². The summed E-state index contributed by atoms with van der Waals surface area (Å²) in [5.41, 5.74) is 0.596. The average molecular weight is 496 g/mol. The summed E-state index contributed by atoms with van der Waals surface area (Å²) >= 11 is 0. The van der Waals surface area contributed by atoms with E-state index in [0.717, 1.165) is 11.1 Å². The number of carbonyl (C=O) groups excluding carboxylic acids is 2. The predicted molar refractivity (Wildman–Crippen MR) is 135 cm³/mol. The maximum Gasteiger partial charge on any atom is 0.275 e. The number of carbonyl (C=O) groups is 2. The number of imidazole rings is 1. The van der Waals surface area contributed by atoms with Crippen LogP contribution in [0.15, 0.2) is 36.5 Å². The zero-order valence-electron chi connectivity index (χ0n) is 22.0. The fourth-order valence-electron chi connectivity index (χ4n) is 4.61. The van der Waals surface area contributed by atoms with Crippen LogP contribution >= 0.6 is 0 Å². The molecule has 0 bridgehead atoms. The van der Waals surface area contributed by atoms with Crippen LogP contribution in [0.2, 0.25) is 0 Å². The number of benzene rings is 1. The van der Waals surface area contributed by atoms with Crippen LogP contribution in [-0.2, 0) is 10.2 Å². The van der Waals surface area contributed by atoms with Crippen molar-refractivity contribution in [3.05, 3.63) is 53.6 Å². The first-order valence-corrected chi connectivity index (χ1v) is 12.1. The molecule has 0 spiro atoms. The first-order chi connectivity index (χ1) is 16.6. The summed E-state index contributed by atoms with van der Waals surface area (Å²) in [5, 5.41) is 14.8. The lowest BCUT2D eigenvalue weighted by Crippen LogP contribution is -2.65. The monoisotopic (exact) mass is 495 g/mol. The number of halogens is 1. The topological polar surface area (TPSA) is 91.0 Å². The first-order valence-electron chi connectivity index (χ1n) is 12.1. The van der Waals surface area contributed by atoms with Gasteiger partial charge in [0.15, 0.2) is 5.65 Å². The molecule has 1 N–H and O–H groups in total. The lowest BCUT2D eigenvalue weighted by Gasteiger charge is -2.46. The average Bonchev–Trinajstić information content (AvgIpc) is 3.19. The Hall–Kier alpha value is -3.33. The standard InChI is InChI=1S/C27H34FN5O3/c1-25(2,3)19-14-20(17-8-10-18(28)11-9-17)30-33-15-21(29-22(19)33)23(34)32-13-12-31(16-26(4,5)36)24(35)27(32,6)7/h8-11,14-15,36H,12-13,16H2,1-7H3. The van der Waals surface area contributed by atoms with E-state index < -0.39 is 11.1 Å². The molecule has 0 radical (unpaired) electrons. The highest BCUT2D eigenvalue weighted by Crippen LogP contribution is 2.31. The van der Waals surface area contributed by atoms with Crippen molar-refractivity contribution in [2.24, 2.45) is 0 Å². The van der Waals surface area contributed by atoms with Crippen molar-refractivity contribution in [3.8, 4) is 11.3 Å². The highest BCUT2D eigenvalue weighted by atomic mass is 19.1. The van der Waals surface area contributed by atoms with Crippen LogP contribution < -0.4 is 0 Å². The van der Waals surface area contributed by atoms with Crippen LogP contribution in [0.5, 0.6) is 0 Å². The number of aliphatic hydroxyl groups is 1. The van der Waals surface area contributed by atoms with Gasteiger partial charge in [0.05, 0.1) is 17.5 Å². The number of hydrogen-bond donors (Lipinski definition) is 1. The molecule has 8 nitrogen and oxygen atoms in total. The van der Waals surface area contributed by atoms with Gasteiger partial charge in [-0.2, -0.15) is 5.10 Å². The lowest BCUT2D eigenvalue weighted by atomic mass is 9.87. The van der Waals surface area contributed by atoms with E-state index >= 15 is 0 Å². The predicted octanol–water partition coefficient (Wildman–Crippen LogP) is 3.67. The van der Waals surface area contributed by atoms with Gasteiger partial charge in [0.1, 0.15) is 17.1 Å². The molecule has 1 aromatic carbocycles. The maximum absolute atomic E-state index is 13.6. The summed E-state index contributed by atoms with van der Waals surface area (Å²) in [7, 11) is 0. The van der Waals surface area contributed by atoms with Crippen molar-refractivity contribution in [3.63, 3.8) is 0 Å². The number of hydrogen-bond acceptors (Lipinski definition) is 5. The normalized spacial score (nSPS) is 16.6. The van der Waals surface area contributed by atoms with Gasteiger partial charge in [-0.1, -0.05) is 20.8 Å². The van der Waals surface area contributed by atoms with Gasteiger partial charge in [0.2, 0.25) is 5.91 Å². The van der Waals surface area contributed by atoms with Gasteiger partial charge in [0, 0.05) is 30.8 Å². The van der Waals surface area contributed by atoms with E-state index in [-0.39, 0.29) is 35.3 Å². The van der Waals surface area contributed by atoms with E-state index in [0.29, 0.717) is 24.4 Å². The Morgan fingerprint density at radius 1 is 1.11 bits per heavy atom. The third kappa shape index (κ3) is 4.84. The molecule has 2 amide bonds. The number of nitrogens with zero attached hydrogens (tertiary/aromatic N) is 5. The Morgan fingerprint density at radius 3 is 2.33 bits per heavy atom. The van der Waals surface area contributed by atoms with Gasteiger partial charge in [-0.05, 0) is 63.4 Å². The molecule has 1 aliphatic rings. The van der Waals surface area contributed by atoms with Crippen molar-refractivity contribution in [2.75, 3.05) is 19.6 Å². The van der Waals surface area contributed by atoms with Crippen molar-refractivity contribution < 1.29 is 19.1 Å². The number of fused-ring (bicyclic) bond motifs is 1. The molecular weight excluding hydrogens is 461 g/mol. The Morgan fingerprint density at radius 2 is 1.75 bits per heavy atom. The van der Waals surface area contributed by atoms with E-state index in [1.54, 1.807) is 55.4 Å². The largest absolute Gasteiger partial charge is 0.389 e. The maximum atomic E-state index is 13.6. The van der Waals surface area contributed by atoms with E-state index in [2.05, 4.69) is 30.9 Å². The van der Waals surface area contributed by atoms with Crippen molar-refractivity contribution in [2.45, 2.75) is 65.0 Å². The number of piperazine rings is 1. The fourth-order valence-corrected chi connectivity index (χ4v) is 4.61. The van der Waals surface area contributed by atoms with Crippen molar-refractivity contribution >= 4 is 17.5 Å². The number of rotatable bonds is 4. The molecule has 0 aliphatic carbocycles. The Balaban J connectivity index is 1.73. The van der Waals surface area contributed by atoms with Gasteiger partial charge >= 0.3 is 0 Å². The van der Waals surface area contributed by atoms with Gasteiger partial charge in [0.25, 0.3) is 5.91 Å². The molecular formula is C27H34FN5O3. The molecule has 192 valence electrons. The van der Waals surface area contributed by atoms with E-state index in [1.165, 1.54) is 17.0 Å². The van der Waals surface area contributed by atoms with Crippen LogP contribution in [0.3, 0.4) is 0 Å². The summed E-state index contributed by atoms with van der Waals surface area (Å²) in [5.74, 6) is -0.906. The minimum absolute atomic E-state index is 0.191. The minimum atomic E-state index is -1.10. The summed E-state index contributed by atoms with van der Waals surface area (Å²) in [6.07, 6.45) is 1.59. The van der Waals surface area contributed by atoms with Crippen molar-refractivity contribution in [1.29, 1.82) is 0 Å². The molecule has 3 heterocycles. The molecule has 0 unspecified atom stereocenters. The molecule has 3 aromatic rings. The third-order valence-electron chi connectivity index (χ3n) is 6.49. The molecule has 4 rings (SSSR count). The molecule has 9 heteroatoms. The highest BCUT2D eigenvalue weighted by Gasteiger charge is 2.45. The Kier molecular flexibility index (Phi) is 6.19. The summed E-state index contributed by atoms with van der Waals surface area (Å²) < 4.78 is 15.1. The fraction of sp³-hybridized carbons (Fsp3) is 0.481. The molecule has 0 atom stereocenters. The minimum Gasteiger partial charge on any atom is -0.389 e. The first kappa shape index (κ1) is 25.8. The smallest absolute Gasteiger partial charge is 0.275 e. The zero-order chi connectivity index (χ0) is 26.6. The SMILES string of the molecule is CC(C)(O)CN1CCN(C(=O)c2cn3nc(-c4ccc(F)cc4)cc(C(C)(C)C)c3n2)C(C)(C)C1=O. The number of amides is 2. The summed E-state index contributed by atoms with van der Waals surface area (Å²) in [6, 6.07) is 8.03. The van der Waals surface area contributed by atoms with Crippen LogP contribution in [0.25, 0.3) is 16.9 Å². The highest BCUT2D eigenvalue weighted by molar-refractivity contribution is 5.99. The van der Waals surface area contributed by atoms with E-state index in [9.17, 15) is 19.1 Å². The van der Waals surface area contributed by atoms with Crippen LogP contribution in [0.4, 0.5) is 4.39 Å². The molecule has 2 aromatic heterocycles. The number of β-amino-alcohol motifs (C(OH)–C–C–N with tert-alkyl or cyclic N) is 1. The summed E-state index contributed by atoms with van der Waals surface area (Å²) in [6.45, 7) is 13.7. The quantitative estimate of drug-likeness (QED) is 0.597. The van der Waals surface area contributed by atoms with Gasteiger partial charge in [-0.25, -0.2) is 13.9 Å². The van der Waals surface area contributed by atoms with Crippen LogP contribution in [0, 0.1) is 5.82 Å². The van der Waals surface area contributed by atoms with Gasteiger partial charge in [-0.3, -0.25) is 9.59 Å². The van der Waals surface area contributed by atoms with Gasteiger partial charge in [-0.15, -0.1) is 0 Å². The second-order valence-corrected chi connectivity index (χ2v) is 11.6. The second kappa shape index (κ2) is 8.65. The Bertz CT molecular complexity index is 1320. The lowest BCUT2D eigenvalue weighted by molar-refractivity contribution is -0.149. The third-order valence-corrected chi connectivity index (χ3v) is 6.49. The molecule has 0 saturated carbocycles. The number of aromatic nitrogens is 3. The second-order valence-electron chi connectivity index (χ2n) is 11.6. The van der Waals surface area contributed by atoms with Crippen LogP contribution in [-0.4, -0.2) is 72.1 Å². The Labute approximate surface area is 210 Å². The molecule has 1 aliphatic heterocycles. The summed E-state index contributed by atoms with van der Waals surface area (Å²) in [4.78, 5) is 34.6. The van der Waals surface area contributed by atoms with Crippen LogP contribution in [0.1, 0.15) is 64.5 Å².